The van der Waals surface area contributed by atoms with Crippen molar-refractivity contribution in [2.75, 3.05) is 25.0 Å². The van der Waals surface area contributed by atoms with Crippen LogP contribution < -0.4 is 9.64 Å². The third kappa shape index (κ3) is 3.51. The summed E-state index contributed by atoms with van der Waals surface area (Å²) in [6, 6.07) is 17.1. The summed E-state index contributed by atoms with van der Waals surface area (Å²) in [6.07, 6.45) is 0. The van der Waals surface area contributed by atoms with Gasteiger partial charge in [0.1, 0.15) is 6.54 Å². The normalized spacial score (nSPS) is 13.3. The number of hydrogen-bond donors (Lipinski definition) is 0. The monoisotopic (exact) mass is 310 g/mol. The molecule has 5 nitrogen and oxygen atoms in total. The number of para-hydroxylation sites is 2. The van der Waals surface area contributed by atoms with Crippen molar-refractivity contribution < 1.29 is 14.3 Å². The highest BCUT2D eigenvalue weighted by molar-refractivity contribution is 5.89. The smallest absolute Gasteiger partial charge is 0.331 e. The van der Waals surface area contributed by atoms with Gasteiger partial charge in [-0.1, -0.05) is 42.5 Å². The maximum atomic E-state index is 12.5. The summed E-state index contributed by atoms with van der Waals surface area (Å²) >= 11 is 0. The van der Waals surface area contributed by atoms with Gasteiger partial charge in [-0.2, -0.15) is 0 Å². The molecule has 1 heterocycles. The molecule has 0 N–H and O–H groups in total. The standard InChI is InChI=1S/C18H18N2O3/c1-19(11-14-7-3-2-4-8-14)17(21)12-20-13-18(22)23-16-10-6-5-9-15(16)20/h2-10H,11-13H2,1H3. The van der Waals surface area contributed by atoms with E-state index in [4.69, 9.17) is 4.74 Å². The summed E-state index contributed by atoms with van der Waals surface area (Å²) in [6.45, 7) is 0.775. The second-order valence-electron chi connectivity index (χ2n) is 5.53. The van der Waals surface area contributed by atoms with Crippen LogP contribution >= 0.6 is 0 Å². The molecule has 1 amide bonds. The molecule has 0 radical (unpaired) electrons. The van der Waals surface area contributed by atoms with Crippen molar-refractivity contribution in [3.8, 4) is 5.75 Å². The molecule has 3 rings (SSSR count). The molecular formula is C18H18N2O3. The van der Waals surface area contributed by atoms with Crippen molar-refractivity contribution >= 4 is 17.6 Å². The number of carbonyl (C=O) groups excluding carboxylic acids is 2. The average Bonchev–Trinajstić information content (AvgIpc) is 2.55. The van der Waals surface area contributed by atoms with Gasteiger partial charge in [-0.15, -0.1) is 0 Å². The number of fused-ring (bicyclic) bond motifs is 1. The highest BCUT2D eigenvalue weighted by Crippen LogP contribution is 2.31. The Bertz CT molecular complexity index is 715. The van der Waals surface area contributed by atoms with E-state index in [9.17, 15) is 9.59 Å². The van der Waals surface area contributed by atoms with Crippen LogP contribution in [0.3, 0.4) is 0 Å². The Balaban J connectivity index is 1.69. The van der Waals surface area contributed by atoms with Crippen LogP contribution in [0.2, 0.25) is 0 Å². The van der Waals surface area contributed by atoms with Crippen LogP contribution in [0.5, 0.6) is 5.75 Å². The van der Waals surface area contributed by atoms with Crippen LogP contribution in [-0.4, -0.2) is 36.9 Å². The van der Waals surface area contributed by atoms with Gasteiger partial charge in [0.15, 0.2) is 5.75 Å². The van der Waals surface area contributed by atoms with Crippen molar-refractivity contribution in [3.05, 3.63) is 60.2 Å². The Morgan fingerprint density at radius 3 is 2.61 bits per heavy atom. The van der Waals surface area contributed by atoms with Gasteiger partial charge in [0.2, 0.25) is 5.91 Å². The van der Waals surface area contributed by atoms with Gasteiger partial charge in [0.25, 0.3) is 0 Å². The lowest BCUT2D eigenvalue weighted by atomic mass is 10.2. The minimum Gasteiger partial charge on any atom is -0.423 e. The summed E-state index contributed by atoms with van der Waals surface area (Å²) in [4.78, 5) is 27.6. The fourth-order valence-electron chi connectivity index (χ4n) is 2.57. The predicted octanol–water partition coefficient (Wildman–Crippen LogP) is 2.07. The van der Waals surface area contributed by atoms with E-state index in [2.05, 4.69) is 0 Å². The zero-order valence-corrected chi connectivity index (χ0v) is 12.9. The number of ether oxygens (including phenoxy) is 1. The summed E-state index contributed by atoms with van der Waals surface area (Å²) in [5.41, 5.74) is 1.84. The Morgan fingerprint density at radius 1 is 1.13 bits per heavy atom. The number of amides is 1. The van der Waals surface area contributed by atoms with Crippen LogP contribution in [0, 0.1) is 0 Å². The van der Waals surface area contributed by atoms with E-state index in [1.54, 1.807) is 29.0 Å². The molecule has 0 aliphatic carbocycles. The molecule has 0 spiro atoms. The van der Waals surface area contributed by atoms with Crippen molar-refractivity contribution in [2.24, 2.45) is 0 Å². The second kappa shape index (κ2) is 6.52. The number of nitrogens with zero attached hydrogens (tertiary/aromatic N) is 2. The molecule has 1 aliphatic heterocycles. The third-order valence-corrected chi connectivity index (χ3v) is 3.76. The zero-order valence-electron chi connectivity index (χ0n) is 12.9. The molecule has 0 saturated heterocycles. The lowest BCUT2D eigenvalue weighted by molar-refractivity contribution is -0.133. The minimum absolute atomic E-state index is 0.0432. The Labute approximate surface area is 135 Å². The predicted molar refractivity (Wildman–Crippen MR) is 87.2 cm³/mol. The van der Waals surface area contributed by atoms with Crippen LogP contribution in [-0.2, 0) is 16.1 Å². The highest BCUT2D eigenvalue weighted by Gasteiger charge is 2.26. The molecule has 0 unspecified atom stereocenters. The van der Waals surface area contributed by atoms with Gasteiger partial charge in [0.05, 0.1) is 12.2 Å². The van der Waals surface area contributed by atoms with Gasteiger partial charge in [-0.25, -0.2) is 4.79 Å². The molecule has 0 atom stereocenters. The van der Waals surface area contributed by atoms with E-state index >= 15 is 0 Å². The summed E-state index contributed by atoms with van der Waals surface area (Å²) in [7, 11) is 1.77. The summed E-state index contributed by atoms with van der Waals surface area (Å²) in [5.74, 6) is 0.114. The number of carbonyl (C=O) groups is 2. The number of benzene rings is 2. The van der Waals surface area contributed by atoms with Crippen LogP contribution in [0.25, 0.3) is 0 Å². The number of likely N-dealkylation sites (N-methyl/N-ethyl adjacent to an activating group) is 1. The fraction of sp³-hybridized carbons (Fsp3) is 0.222. The SMILES string of the molecule is CN(Cc1ccccc1)C(=O)CN1CC(=O)Oc2ccccc21. The number of anilines is 1. The van der Waals surface area contributed by atoms with E-state index in [0.717, 1.165) is 11.3 Å². The molecule has 5 heteroatoms. The van der Waals surface area contributed by atoms with E-state index in [0.29, 0.717) is 12.3 Å². The molecule has 2 aromatic rings. The first-order valence-electron chi connectivity index (χ1n) is 7.46. The lowest BCUT2D eigenvalue weighted by Crippen LogP contribution is -2.43. The molecule has 0 fully saturated rings. The van der Waals surface area contributed by atoms with Gasteiger partial charge >= 0.3 is 5.97 Å². The van der Waals surface area contributed by atoms with Gasteiger partial charge < -0.3 is 14.5 Å². The quantitative estimate of drug-likeness (QED) is 0.641. The molecular weight excluding hydrogens is 292 g/mol. The first-order valence-corrected chi connectivity index (χ1v) is 7.46. The maximum Gasteiger partial charge on any atom is 0.331 e. The Morgan fingerprint density at radius 2 is 1.83 bits per heavy atom. The lowest BCUT2D eigenvalue weighted by Gasteiger charge is -2.30. The minimum atomic E-state index is -0.345. The number of rotatable bonds is 4. The van der Waals surface area contributed by atoms with Crippen molar-refractivity contribution in [3.63, 3.8) is 0 Å². The number of esters is 1. The van der Waals surface area contributed by atoms with Crippen molar-refractivity contribution in [1.29, 1.82) is 0 Å². The second-order valence-corrected chi connectivity index (χ2v) is 5.53. The van der Waals surface area contributed by atoms with Crippen molar-refractivity contribution in [2.45, 2.75) is 6.54 Å². The topological polar surface area (TPSA) is 49.9 Å². The molecule has 118 valence electrons. The van der Waals surface area contributed by atoms with E-state index in [-0.39, 0.29) is 25.0 Å². The van der Waals surface area contributed by atoms with Gasteiger partial charge in [0, 0.05) is 13.6 Å². The maximum absolute atomic E-state index is 12.5. The third-order valence-electron chi connectivity index (χ3n) is 3.76. The highest BCUT2D eigenvalue weighted by atomic mass is 16.5. The molecule has 23 heavy (non-hydrogen) atoms. The van der Waals surface area contributed by atoms with E-state index in [1.807, 2.05) is 42.5 Å². The van der Waals surface area contributed by atoms with E-state index < -0.39 is 0 Å². The molecule has 0 aromatic heterocycles. The first kappa shape index (κ1) is 15.1. The Hall–Kier alpha value is -2.82. The molecule has 0 bridgehead atoms. The zero-order chi connectivity index (χ0) is 16.2. The first-order chi connectivity index (χ1) is 11.1. The van der Waals surface area contributed by atoms with Gasteiger partial charge in [-0.3, -0.25) is 4.79 Å². The van der Waals surface area contributed by atoms with Crippen LogP contribution in [0.15, 0.2) is 54.6 Å². The Kier molecular flexibility index (Phi) is 4.28. The average molecular weight is 310 g/mol. The molecule has 2 aromatic carbocycles. The summed E-state index contributed by atoms with van der Waals surface area (Å²) in [5, 5.41) is 0. The van der Waals surface area contributed by atoms with E-state index in [1.165, 1.54) is 0 Å². The van der Waals surface area contributed by atoms with Gasteiger partial charge in [-0.05, 0) is 17.7 Å². The molecule has 0 saturated carbocycles. The van der Waals surface area contributed by atoms with Crippen LogP contribution in [0.4, 0.5) is 5.69 Å². The number of hydrogen-bond acceptors (Lipinski definition) is 4. The van der Waals surface area contributed by atoms with Crippen molar-refractivity contribution in [1.82, 2.24) is 4.90 Å². The largest absolute Gasteiger partial charge is 0.423 e. The van der Waals surface area contributed by atoms with Crippen LogP contribution in [0.1, 0.15) is 5.56 Å². The summed E-state index contributed by atoms with van der Waals surface area (Å²) < 4.78 is 5.19. The fourth-order valence-corrected chi connectivity index (χ4v) is 2.57. The molecule has 1 aliphatic rings.